The molecule has 0 aromatic heterocycles. The first-order chi connectivity index (χ1) is 11.3. The van der Waals surface area contributed by atoms with Crippen LogP contribution in [0.5, 0.6) is 0 Å². The highest BCUT2D eigenvalue weighted by Crippen LogP contribution is 2.28. The number of hydrogen-bond acceptors (Lipinski definition) is 5. The van der Waals surface area contributed by atoms with E-state index in [-0.39, 0.29) is 15.4 Å². The topological polar surface area (TPSA) is 118 Å². The van der Waals surface area contributed by atoms with Gasteiger partial charge < -0.3 is 5.73 Å². The number of rotatable bonds is 4. The summed E-state index contributed by atoms with van der Waals surface area (Å²) in [6, 6.07) is 11.9. The number of imide groups is 1. The third-order valence-corrected chi connectivity index (χ3v) is 4.65. The van der Waals surface area contributed by atoms with Crippen molar-refractivity contribution in [2.24, 2.45) is 0 Å². The van der Waals surface area contributed by atoms with Gasteiger partial charge in [-0.15, -0.1) is 4.31 Å². The van der Waals surface area contributed by atoms with E-state index in [1.807, 2.05) is 12.1 Å². The molecule has 1 aliphatic rings. The molecular formula is C16H14N2O5S. The van der Waals surface area contributed by atoms with E-state index in [2.05, 4.69) is 0 Å². The molecule has 0 aliphatic carbocycles. The number of nitrogens with two attached hydrogens (primary N) is 1. The Morgan fingerprint density at radius 2 is 1.62 bits per heavy atom. The zero-order chi connectivity index (χ0) is 17.5. The van der Waals surface area contributed by atoms with Crippen molar-refractivity contribution >= 4 is 27.8 Å². The average molecular weight is 346 g/mol. The molecule has 0 saturated heterocycles. The minimum Gasteiger partial charge on any atom is -0.399 e. The zero-order valence-electron chi connectivity index (χ0n) is 12.5. The SMILES string of the molecule is Nc1ccc(CCc2cccc3c2C(=O)N(S(=O)(=O)O)C3=O)cc1. The Morgan fingerprint density at radius 3 is 2.25 bits per heavy atom. The van der Waals surface area contributed by atoms with Crippen LogP contribution in [0.1, 0.15) is 31.8 Å². The van der Waals surface area contributed by atoms with Crippen LogP contribution in [-0.4, -0.2) is 29.1 Å². The number of fused-ring (bicyclic) bond motifs is 1. The highest BCUT2D eigenvalue weighted by molar-refractivity contribution is 7.84. The fourth-order valence-electron chi connectivity index (χ4n) is 2.72. The smallest absolute Gasteiger partial charge is 0.369 e. The average Bonchev–Trinajstić information content (AvgIpc) is 2.78. The summed E-state index contributed by atoms with van der Waals surface area (Å²) in [5, 5.41) is 0. The van der Waals surface area contributed by atoms with Crippen molar-refractivity contribution in [3.05, 3.63) is 64.7 Å². The van der Waals surface area contributed by atoms with E-state index in [9.17, 15) is 18.0 Å². The fourth-order valence-corrected chi connectivity index (χ4v) is 3.32. The van der Waals surface area contributed by atoms with Crippen LogP contribution in [0.4, 0.5) is 5.69 Å². The Bertz CT molecular complexity index is 935. The van der Waals surface area contributed by atoms with Gasteiger partial charge in [-0.2, -0.15) is 8.42 Å². The summed E-state index contributed by atoms with van der Waals surface area (Å²) in [6.45, 7) is 0. The van der Waals surface area contributed by atoms with Crippen LogP contribution in [0.25, 0.3) is 0 Å². The van der Waals surface area contributed by atoms with Crippen molar-refractivity contribution in [1.29, 1.82) is 0 Å². The quantitative estimate of drug-likeness (QED) is 0.491. The number of benzene rings is 2. The van der Waals surface area contributed by atoms with Gasteiger partial charge in [-0.3, -0.25) is 14.1 Å². The van der Waals surface area contributed by atoms with Gasteiger partial charge in [0.25, 0.3) is 11.8 Å². The minimum atomic E-state index is -4.94. The lowest BCUT2D eigenvalue weighted by Crippen LogP contribution is -2.35. The molecule has 2 aromatic rings. The summed E-state index contributed by atoms with van der Waals surface area (Å²) in [4.78, 5) is 24.3. The predicted molar refractivity (Wildman–Crippen MR) is 86.8 cm³/mol. The molecule has 2 amide bonds. The Labute approximate surface area is 138 Å². The largest absolute Gasteiger partial charge is 0.399 e. The van der Waals surface area contributed by atoms with Crippen molar-refractivity contribution in [3.8, 4) is 0 Å². The maximum atomic E-state index is 12.3. The predicted octanol–water partition coefficient (Wildman–Crippen LogP) is 1.45. The third kappa shape index (κ3) is 2.77. The van der Waals surface area contributed by atoms with Gasteiger partial charge in [0.2, 0.25) is 0 Å². The van der Waals surface area contributed by atoms with Gasteiger partial charge >= 0.3 is 10.3 Å². The zero-order valence-corrected chi connectivity index (χ0v) is 13.3. The van der Waals surface area contributed by atoms with E-state index in [0.717, 1.165) is 5.56 Å². The summed E-state index contributed by atoms with van der Waals surface area (Å²) >= 11 is 0. The molecular weight excluding hydrogens is 332 g/mol. The molecule has 124 valence electrons. The Balaban J connectivity index is 1.92. The molecule has 24 heavy (non-hydrogen) atoms. The molecule has 3 N–H and O–H groups in total. The van der Waals surface area contributed by atoms with Crippen LogP contribution < -0.4 is 5.73 Å². The van der Waals surface area contributed by atoms with Crippen LogP contribution in [0, 0.1) is 0 Å². The molecule has 0 saturated carbocycles. The number of aryl methyl sites for hydroxylation is 2. The van der Waals surface area contributed by atoms with Gasteiger partial charge in [-0.25, -0.2) is 0 Å². The summed E-state index contributed by atoms with van der Waals surface area (Å²) in [7, 11) is -4.94. The number of carbonyl (C=O) groups excluding carboxylic acids is 2. The Morgan fingerprint density at radius 1 is 0.958 bits per heavy atom. The molecule has 0 atom stereocenters. The second kappa shape index (κ2) is 5.73. The van der Waals surface area contributed by atoms with E-state index >= 15 is 0 Å². The molecule has 7 nitrogen and oxygen atoms in total. The standard InChI is InChI=1S/C16H14N2O5S/c17-12-8-5-10(6-9-12)4-7-11-2-1-3-13-14(11)16(20)18(15(13)19)24(21,22)23/h1-3,5-6,8-9H,4,7,17H2,(H,21,22,23). The number of anilines is 1. The van der Waals surface area contributed by atoms with Crippen LogP contribution in [0.15, 0.2) is 42.5 Å². The summed E-state index contributed by atoms with van der Waals surface area (Å²) in [5.74, 6) is -2.06. The monoisotopic (exact) mass is 346 g/mol. The number of nitrogen functional groups attached to an aromatic ring is 1. The van der Waals surface area contributed by atoms with Crippen LogP contribution in [0.2, 0.25) is 0 Å². The second-order valence-electron chi connectivity index (χ2n) is 5.43. The van der Waals surface area contributed by atoms with Crippen LogP contribution in [0.3, 0.4) is 0 Å². The van der Waals surface area contributed by atoms with E-state index in [4.69, 9.17) is 10.3 Å². The number of carbonyl (C=O) groups is 2. The van der Waals surface area contributed by atoms with Crippen molar-refractivity contribution < 1.29 is 22.6 Å². The lowest BCUT2D eigenvalue weighted by molar-refractivity contribution is 0.0755. The molecule has 0 unspecified atom stereocenters. The molecule has 0 fully saturated rings. The highest BCUT2D eigenvalue weighted by Gasteiger charge is 2.43. The molecule has 3 rings (SSSR count). The highest BCUT2D eigenvalue weighted by atomic mass is 32.2. The van der Waals surface area contributed by atoms with Crippen molar-refractivity contribution in [2.75, 3.05) is 5.73 Å². The third-order valence-electron chi connectivity index (χ3n) is 3.86. The van der Waals surface area contributed by atoms with Gasteiger partial charge in [0.1, 0.15) is 0 Å². The van der Waals surface area contributed by atoms with Gasteiger partial charge in [0.05, 0.1) is 11.1 Å². The van der Waals surface area contributed by atoms with E-state index < -0.39 is 22.1 Å². The van der Waals surface area contributed by atoms with Gasteiger partial charge in [-0.05, 0) is 42.2 Å². The first kappa shape index (κ1) is 16.2. The Hall–Kier alpha value is -2.71. The molecule has 0 radical (unpaired) electrons. The fraction of sp³-hybridized carbons (Fsp3) is 0.125. The van der Waals surface area contributed by atoms with E-state index in [1.54, 1.807) is 24.3 Å². The second-order valence-corrected chi connectivity index (χ2v) is 6.69. The maximum Gasteiger partial charge on any atom is 0.369 e. The summed E-state index contributed by atoms with van der Waals surface area (Å²) in [6.07, 6.45) is 1.02. The maximum absolute atomic E-state index is 12.3. The molecule has 1 heterocycles. The van der Waals surface area contributed by atoms with E-state index in [0.29, 0.717) is 24.1 Å². The lowest BCUT2D eigenvalue weighted by atomic mass is 9.97. The number of amides is 2. The molecule has 8 heteroatoms. The molecule has 0 spiro atoms. The number of hydrogen-bond donors (Lipinski definition) is 2. The van der Waals surface area contributed by atoms with Crippen LogP contribution in [-0.2, 0) is 23.1 Å². The summed E-state index contributed by atoms with van der Waals surface area (Å²) in [5.41, 5.74) is 7.82. The lowest BCUT2D eigenvalue weighted by Gasteiger charge is -2.09. The van der Waals surface area contributed by atoms with Crippen LogP contribution >= 0.6 is 0 Å². The van der Waals surface area contributed by atoms with Crippen molar-refractivity contribution in [2.45, 2.75) is 12.8 Å². The van der Waals surface area contributed by atoms with E-state index in [1.165, 1.54) is 6.07 Å². The summed E-state index contributed by atoms with van der Waals surface area (Å²) < 4.78 is 31.5. The Kier molecular flexibility index (Phi) is 3.86. The normalized spacial score (nSPS) is 14.1. The molecule has 1 aliphatic heterocycles. The minimum absolute atomic E-state index is 0.0209. The number of nitrogens with zero attached hydrogens (tertiary/aromatic N) is 1. The van der Waals surface area contributed by atoms with Gasteiger partial charge in [0.15, 0.2) is 0 Å². The molecule has 0 bridgehead atoms. The van der Waals surface area contributed by atoms with Gasteiger partial charge in [0, 0.05) is 5.69 Å². The van der Waals surface area contributed by atoms with Crippen molar-refractivity contribution in [3.63, 3.8) is 0 Å². The molecule has 2 aromatic carbocycles. The van der Waals surface area contributed by atoms with Gasteiger partial charge in [-0.1, -0.05) is 24.3 Å². The first-order valence-corrected chi connectivity index (χ1v) is 8.51. The van der Waals surface area contributed by atoms with Crippen molar-refractivity contribution in [1.82, 2.24) is 4.31 Å². The first-order valence-electron chi connectivity index (χ1n) is 7.12.